The van der Waals surface area contributed by atoms with Crippen LogP contribution in [0.15, 0.2) is 0 Å². The van der Waals surface area contributed by atoms with E-state index in [1.807, 2.05) is 0 Å². The van der Waals surface area contributed by atoms with Gasteiger partial charge in [0, 0.05) is 18.5 Å². The maximum Gasteiger partial charge on any atom is 0.0827 e. The van der Waals surface area contributed by atoms with Crippen molar-refractivity contribution in [1.82, 2.24) is 5.32 Å². The third-order valence-electron chi connectivity index (χ3n) is 9.61. The standard InChI is InChI=1S/C22H39NO2/c1-20-10-4-3-5-16(20)6-7-17-18(20)8-11-21(2)19(17)9-12-22(21,25)15-23-13-14-24/h16-19,23-25H,3-15H2,1-2H3/t16-,17+,18-,19-,20+,21+,22-/m1/s1. The molecule has 0 spiro atoms. The lowest BCUT2D eigenvalue weighted by molar-refractivity contribution is -0.150. The van der Waals surface area contributed by atoms with Gasteiger partial charge in [-0.3, -0.25) is 0 Å². The van der Waals surface area contributed by atoms with Gasteiger partial charge >= 0.3 is 0 Å². The lowest BCUT2D eigenvalue weighted by Gasteiger charge is -2.61. The van der Waals surface area contributed by atoms with E-state index in [0.29, 0.717) is 24.4 Å². The minimum Gasteiger partial charge on any atom is -0.395 e. The van der Waals surface area contributed by atoms with Crippen molar-refractivity contribution in [2.75, 3.05) is 19.7 Å². The summed E-state index contributed by atoms with van der Waals surface area (Å²) in [5.74, 6) is 3.41. The second-order valence-corrected chi connectivity index (χ2v) is 10.3. The van der Waals surface area contributed by atoms with Crippen LogP contribution in [0.1, 0.15) is 78.1 Å². The summed E-state index contributed by atoms with van der Waals surface area (Å²) in [5, 5.41) is 23.9. The zero-order valence-corrected chi connectivity index (χ0v) is 16.4. The summed E-state index contributed by atoms with van der Waals surface area (Å²) in [6.07, 6.45) is 13.3. The van der Waals surface area contributed by atoms with Crippen molar-refractivity contribution in [3.8, 4) is 0 Å². The SMILES string of the molecule is C[C@]12CCCC[C@@H]1CC[C@H]1[C@H]2CC[C@@]2(C)[C@@H]1CC[C@@]2(O)CNCCO. The lowest BCUT2D eigenvalue weighted by atomic mass is 9.44. The largest absolute Gasteiger partial charge is 0.395 e. The van der Waals surface area contributed by atoms with Crippen LogP contribution in [0.4, 0.5) is 0 Å². The van der Waals surface area contributed by atoms with Crippen LogP contribution in [0, 0.1) is 34.5 Å². The molecule has 4 aliphatic rings. The molecule has 0 aromatic heterocycles. The van der Waals surface area contributed by atoms with E-state index < -0.39 is 5.60 Å². The molecule has 4 fully saturated rings. The average molecular weight is 350 g/mol. The van der Waals surface area contributed by atoms with Crippen LogP contribution in [0.25, 0.3) is 0 Å². The molecular formula is C22H39NO2. The Morgan fingerprint density at radius 3 is 2.52 bits per heavy atom. The summed E-state index contributed by atoms with van der Waals surface area (Å²) in [5.41, 5.74) is 0.0644. The zero-order valence-electron chi connectivity index (χ0n) is 16.4. The number of aliphatic hydroxyl groups is 2. The van der Waals surface area contributed by atoms with Gasteiger partial charge in [-0.25, -0.2) is 0 Å². The quantitative estimate of drug-likeness (QED) is 0.678. The third-order valence-corrected chi connectivity index (χ3v) is 9.61. The summed E-state index contributed by atoms with van der Waals surface area (Å²) >= 11 is 0. The molecule has 0 unspecified atom stereocenters. The summed E-state index contributed by atoms with van der Waals surface area (Å²) in [6.45, 7) is 6.41. The second-order valence-electron chi connectivity index (χ2n) is 10.3. The minimum absolute atomic E-state index is 0.0640. The highest BCUT2D eigenvalue weighted by atomic mass is 16.3. The van der Waals surface area contributed by atoms with Crippen molar-refractivity contribution < 1.29 is 10.2 Å². The fourth-order valence-corrected chi connectivity index (χ4v) is 8.07. The Morgan fingerprint density at radius 1 is 0.920 bits per heavy atom. The minimum atomic E-state index is -0.581. The third kappa shape index (κ3) is 2.63. The van der Waals surface area contributed by atoms with Crippen molar-refractivity contribution in [2.24, 2.45) is 34.5 Å². The molecule has 144 valence electrons. The Bertz CT molecular complexity index is 496. The molecule has 3 heteroatoms. The monoisotopic (exact) mass is 349 g/mol. The molecule has 0 saturated heterocycles. The molecule has 0 heterocycles. The topological polar surface area (TPSA) is 52.5 Å². The van der Waals surface area contributed by atoms with Gasteiger partial charge < -0.3 is 15.5 Å². The van der Waals surface area contributed by atoms with Crippen molar-refractivity contribution in [1.29, 1.82) is 0 Å². The molecule has 0 aromatic carbocycles. The highest BCUT2D eigenvalue weighted by Gasteiger charge is 2.64. The van der Waals surface area contributed by atoms with E-state index in [4.69, 9.17) is 5.11 Å². The molecule has 7 atom stereocenters. The number of nitrogens with one attached hydrogen (secondary N) is 1. The number of hydrogen-bond donors (Lipinski definition) is 3. The fourth-order valence-electron chi connectivity index (χ4n) is 8.07. The number of rotatable bonds is 4. The van der Waals surface area contributed by atoms with E-state index in [1.165, 1.54) is 57.8 Å². The van der Waals surface area contributed by atoms with Crippen LogP contribution in [-0.2, 0) is 0 Å². The van der Waals surface area contributed by atoms with Gasteiger partial charge in [-0.05, 0) is 80.5 Å². The molecule has 0 bridgehead atoms. The molecule has 3 N–H and O–H groups in total. The molecule has 25 heavy (non-hydrogen) atoms. The maximum atomic E-state index is 11.5. The number of hydrogen-bond acceptors (Lipinski definition) is 3. The van der Waals surface area contributed by atoms with Crippen molar-refractivity contribution in [2.45, 2.75) is 83.7 Å². The van der Waals surface area contributed by atoms with Crippen LogP contribution >= 0.6 is 0 Å². The first kappa shape index (κ1) is 18.3. The Hall–Kier alpha value is -0.120. The van der Waals surface area contributed by atoms with Crippen molar-refractivity contribution in [3.05, 3.63) is 0 Å². The highest BCUT2D eigenvalue weighted by Crippen LogP contribution is 2.68. The molecule has 0 aromatic rings. The normalized spacial score (nSPS) is 52.3. The Morgan fingerprint density at radius 2 is 1.72 bits per heavy atom. The molecule has 4 saturated carbocycles. The second kappa shape index (κ2) is 6.49. The molecule has 0 amide bonds. The number of aliphatic hydroxyl groups excluding tert-OH is 1. The van der Waals surface area contributed by atoms with Crippen LogP contribution < -0.4 is 5.32 Å². The van der Waals surface area contributed by atoms with E-state index >= 15 is 0 Å². The van der Waals surface area contributed by atoms with Gasteiger partial charge in [-0.2, -0.15) is 0 Å². The van der Waals surface area contributed by atoms with Gasteiger partial charge in [0.05, 0.1) is 12.2 Å². The number of fused-ring (bicyclic) bond motifs is 5. The van der Waals surface area contributed by atoms with Crippen LogP contribution in [0.5, 0.6) is 0 Å². The smallest absolute Gasteiger partial charge is 0.0827 e. The van der Waals surface area contributed by atoms with E-state index in [-0.39, 0.29) is 12.0 Å². The van der Waals surface area contributed by atoms with Gasteiger partial charge in [0.25, 0.3) is 0 Å². The predicted octanol–water partition coefficient (Wildman–Crippen LogP) is 3.73. The van der Waals surface area contributed by atoms with Crippen LogP contribution in [-0.4, -0.2) is 35.5 Å². The van der Waals surface area contributed by atoms with Gasteiger partial charge in [0.2, 0.25) is 0 Å². The molecule has 0 aliphatic heterocycles. The van der Waals surface area contributed by atoms with E-state index in [1.54, 1.807) is 0 Å². The average Bonchev–Trinajstić information content (AvgIpc) is 2.86. The van der Waals surface area contributed by atoms with E-state index in [0.717, 1.165) is 24.2 Å². The first-order chi connectivity index (χ1) is 11.9. The van der Waals surface area contributed by atoms with Gasteiger partial charge in [0.15, 0.2) is 0 Å². The van der Waals surface area contributed by atoms with Gasteiger partial charge in [0.1, 0.15) is 0 Å². The fraction of sp³-hybridized carbons (Fsp3) is 1.00. The molecular weight excluding hydrogens is 310 g/mol. The van der Waals surface area contributed by atoms with E-state index in [2.05, 4.69) is 19.2 Å². The Balaban J connectivity index is 1.55. The highest BCUT2D eigenvalue weighted by molar-refractivity contribution is 5.14. The molecule has 3 nitrogen and oxygen atoms in total. The summed E-state index contributed by atoms with van der Waals surface area (Å²) < 4.78 is 0. The van der Waals surface area contributed by atoms with Crippen molar-refractivity contribution >= 4 is 0 Å². The summed E-state index contributed by atoms with van der Waals surface area (Å²) in [4.78, 5) is 0. The molecule has 4 aliphatic carbocycles. The predicted molar refractivity (Wildman–Crippen MR) is 101 cm³/mol. The lowest BCUT2D eigenvalue weighted by Crippen LogP contribution is -2.58. The van der Waals surface area contributed by atoms with Gasteiger partial charge in [-0.1, -0.05) is 26.7 Å². The molecule has 4 rings (SSSR count). The maximum absolute atomic E-state index is 11.5. The Kier molecular flexibility index (Phi) is 4.74. The van der Waals surface area contributed by atoms with Crippen LogP contribution in [0.3, 0.4) is 0 Å². The van der Waals surface area contributed by atoms with Crippen LogP contribution in [0.2, 0.25) is 0 Å². The first-order valence-electron chi connectivity index (χ1n) is 11.0. The van der Waals surface area contributed by atoms with E-state index in [9.17, 15) is 5.11 Å². The first-order valence-corrected chi connectivity index (χ1v) is 11.0. The van der Waals surface area contributed by atoms with Gasteiger partial charge in [-0.15, -0.1) is 0 Å². The van der Waals surface area contributed by atoms with Crippen molar-refractivity contribution in [3.63, 3.8) is 0 Å². The Labute approximate surface area is 154 Å². The summed E-state index contributed by atoms with van der Waals surface area (Å²) in [7, 11) is 0. The molecule has 0 radical (unpaired) electrons. The summed E-state index contributed by atoms with van der Waals surface area (Å²) in [6, 6.07) is 0. The zero-order chi connectivity index (χ0) is 17.7.